The molecule has 0 spiro atoms. The summed E-state index contributed by atoms with van der Waals surface area (Å²) in [6, 6.07) is 4.67. The molecule has 0 aliphatic carbocycles. The fourth-order valence-corrected chi connectivity index (χ4v) is 2.93. The van der Waals surface area contributed by atoms with Crippen LogP contribution in [0.15, 0.2) is 18.2 Å². The van der Waals surface area contributed by atoms with Crippen LogP contribution >= 0.6 is 0 Å². The lowest BCUT2D eigenvalue weighted by Crippen LogP contribution is -2.54. The topological polar surface area (TPSA) is 63.4 Å². The zero-order chi connectivity index (χ0) is 16.9. The monoisotopic (exact) mass is 304 g/mol. The maximum atomic E-state index is 12.9. The Morgan fingerprint density at radius 2 is 1.91 bits per heavy atom. The zero-order valence-corrected chi connectivity index (χ0v) is 14.1. The molecule has 0 unspecified atom stereocenters. The maximum Gasteiger partial charge on any atom is 0.270 e. The fraction of sp³-hybridized carbons (Fsp3) is 0.588. The lowest BCUT2D eigenvalue weighted by atomic mass is 9.75. The summed E-state index contributed by atoms with van der Waals surface area (Å²) in [6.07, 6.45) is 0. The van der Waals surface area contributed by atoms with Crippen LogP contribution in [0, 0.1) is 15.5 Å². The van der Waals surface area contributed by atoms with E-state index in [9.17, 15) is 14.9 Å². The van der Waals surface area contributed by atoms with Crippen LogP contribution in [0.25, 0.3) is 0 Å². The van der Waals surface area contributed by atoms with Gasteiger partial charge in [0.25, 0.3) is 11.6 Å². The molecule has 0 saturated heterocycles. The van der Waals surface area contributed by atoms with Crippen molar-refractivity contribution in [2.75, 3.05) is 6.54 Å². The smallest absolute Gasteiger partial charge is 0.270 e. The molecule has 0 N–H and O–H groups in total. The first-order chi connectivity index (χ1) is 9.95. The molecule has 22 heavy (non-hydrogen) atoms. The van der Waals surface area contributed by atoms with Gasteiger partial charge in [-0.05, 0) is 17.9 Å². The molecule has 0 fully saturated rings. The molecule has 5 heteroatoms. The number of nitro benzene ring substituents is 1. The SMILES string of the molecule is C[C@H](N1CC(C)(C)c2ccc([N+](=O)[O-])cc2C1=O)C(C)(C)C. The van der Waals surface area contributed by atoms with Crippen molar-refractivity contribution in [3.05, 3.63) is 39.4 Å². The van der Waals surface area contributed by atoms with Crippen molar-refractivity contribution in [2.24, 2.45) is 5.41 Å². The van der Waals surface area contributed by atoms with Gasteiger partial charge in [-0.2, -0.15) is 0 Å². The second-order valence-corrected chi connectivity index (χ2v) is 7.85. The van der Waals surface area contributed by atoms with E-state index < -0.39 is 4.92 Å². The molecule has 1 aromatic rings. The Kier molecular flexibility index (Phi) is 3.80. The highest BCUT2D eigenvalue weighted by atomic mass is 16.6. The van der Waals surface area contributed by atoms with Gasteiger partial charge in [-0.25, -0.2) is 0 Å². The first-order valence-electron chi connectivity index (χ1n) is 7.55. The van der Waals surface area contributed by atoms with E-state index in [2.05, 4.69) is 34.6 Å². The van der Waals surface area contributed by atoms with E-state index in [0.29, 0.717) is 12.1 Å². The minimum absolute atomic E-state index is 0.0341. The Balaban J connectivity index is 2.55. The second-order valence-electron chi connectivity index (χ2n) is 7.85. The molecule has 2 rings (SSSR count). The van der Waals surface area contributed by atoms with Gasteiger partial charge in [-0.3, -0.25) is 14.9 Å². The number of nitrogens with zero attached hydrogens (tertiary/aromatic N) is 2. The summed E-state index contributed by atoms with van der Waals surface area (Å²) in [4.78, 5) is 25.3. The van der Waals surface area contributed by atoms with Gasteiger partial charge in [0, 0.05) is 30.1 Å². The van der Waals surface area contributed by atoms with E-state index in [1.807, 2.05) is 11.8 Å². The van der Waals surface area contributed by atoms with Crippen LogP contribution in [0.3, 0.4) is 0 Å². The first-order valence-corrected chi connectivity index (χ1v) is 7.55. The number of carbonyl (C=O) groups excluding carboxylic acids is 1. The van der Waals surface area contributed by atoms with Gasteiger partial charge in [-0.15, -0.1) is 0 Å². The number of rotatable bonds is 2. The highest BCUT2D eigenvalue weighted by molar-refractivity contribution is 5.98. The Labute approximate surface area is 131 Å². The van der Waals surface area contributed by atoms with Crippen molar-refractivity contribution in [2.45, 2.75) is 53.0 Å². The van der Waals surface area contributed by atoms with E-state index in [4.69, 9.17) is 0 Å². The number of fused-ring (bicyclic) bond motifs is 1. The van der Waals surface area contributed by atoms with E-state index in [-0.39, 0.29) is 28.5 Å². The molecular weight excluding hydrogens is 280 g/mol. The molecule has 1 aromatic carbocycles. The minimum atomic E-state index is -0.452. The number of non-ortho nitro benzene ring substituents is 1. The largest absolute Gasteiger partial charge is 0.335 e. The van der Waals surface area contributed by atoms with Crippen molar-refractivity contribution >= 4 is 11.6 Å². The third kappa shape index (κ3) is 2.72. The van der Waals surface area contributed by atoms with Gasteiger partial charge in [0.1, 0.15) is 0 Å². The van der Waals surface area contributed by atoms with Gasteiger partial charge in [0.05, 0.1) is 10.5 Å². The molecule has 1 atom stereocenters. The number of hydrogen-bond donors (Lipinski definition) is 0. The van der Waals surface area contributed by atoms with Crippen molar-refractivity contribution < 1.29 is 9.72 Å². The van der Waals surface area contributed by atoms with Crippen molar-refractivity contribution in [3.8, 4) is 0 Å². The molecule has 0 radical (unpaired) electrons. The Morgan fingerprint density at radius 3 is 2.41 bits per heavy atom. The molecule has 120 valence electrons. The number of amides is 1. The molecule has 5 nitrogen and oxygen atoms in total. The van der Waals surface area contributed by atoms with Crippen LogP contribution in [0.5, 0.6) is 0 Å². The summed E-state index contributed by atoms with van der Waals surface area (Å²) >= 11 is 0. The van der Waals surface area contributed by atoms with Gasteiger partial charge in [0.15, 0.2) is 0 Å². The van der Waals surface area contributed by atoms with Gasteiger partial charge in [0.2, 0.25) is 0 Å². The molecule has 0 aromatic heterocycles. The minimum Gasteiger partial charge on any atom is -0.335 e. The summed E-state index contributed by atoms with van der Waals surface area (Å²) in [5.41, 5.74) is 1.04. The van der Waals surface area contributed by atoms with E-state index in [1.54, 1.807) is 6.07 Å². The Morgan fingerprint density at radius 1 is 1.32 bits per heavy atom. The van der Waals surface area contributed by atoms with Crippen LogP contribution < -0.4 is 0 Å². The fourth-order valence-electron chi connectivity index (χ4n) is 2.93. The predicted molar refractivity (Wildman–Crippen MR) is 86.1 cm³/mol. The van der Waals surface area contributed by atoms with Gasteiger partial charge < -0.3 is 4.90 Å². The summed E-state index contributed by atoms with van der Waals surface area (Å²) in [5.74, 6) is -0.111. The third-order valence-corrected chi connectivity index (χ3v) is 4.72. The summed E-state index contributed by atoms with van der Waals surface area (Å²) in [7, 11) is 0. The summed E-state index contributed by atoms with van der Waals surface area (Å²) < 4.78 is 0. The lowest BCUT2D eigenvalue weighted by molar-refractivity contribution is -0.384. The van der Waals surface area contributed by atoms with E-state index >= 15 is 0 Å². The van der Waals surface area contributed by atoms with Gasteiger partial charge in [-0.1, -0.05) is 40.7 Å². The van der Waals surface area contributed by atoms with Gasteiger partial charge >= 0.3 is 0 Å². The lowest BCUT2D eigenvalue weighted by Gasteiger charge is -2.46. The average Bonchev–Trinajstić information content (AvgIpc) is 2.40. The van der Waals surface area contributed by atoms with Crippen LogP contribution in [0.1, 0.15) is 57.5 Å². The Bertz CT molecular complexity index is 629. The summed E-state index contributed by atoms with van der Waals surface area (Å²) in [5, 5.41) is 11.0. The number of hydrogen-bond acceptors (Lipinski definition) is 3. The molecule has 1 aliphatic rings. The molecule has 0 bridgehead atoms. The molecular formula is C17H24N2O3. The molecule has 0 saturated carbocycles. The highest BCUT2D eigenvalue weighted by Gasteiger charge is 2.41. The highest BCUT2D eigenvalue weighted by Crippen LogP contribution is 2.38. The quantitative estimate of drug-likeness (QED) is 0.617. The van der Waals surface area contributed by atoms with Crippen LogP contribution in [-0.4, -0.2) is 28.3 Å². The average molecular weight is 304 g/mol. The number of carbonyl (C=O) groups is 1. The normalized spacial score (nSPS) is 18.8. The van der Waals surface area contributed by atoms with E-state index in [0.717, 1.165) is 5.56 Å². The van der Waals surface area contributed by atoms with Crippen molar-refractivity contribution in [3.63, 3.8) is 0 Å². The van der Waals surface area contributed by atoms with Crippen molar-refractivity contribution in [1.29, 1.82) is 0 Å². The third-order valence-electron chi connectivity index (χ3n) is 4.72. The summed E-state index contributed by atoms with van der Waals surface area (Å²) in [6.45, 7) is 13.1. The van der Waals surface area contributed by atoms with Crippen LogP contribution in [-0.2, 0) is 5.41 Å². The molecule has 1 heterocycles. The number of nitro groups is 1. The standard InChI is InChI=1S/C17H24N2O3/c1-11(16(2,3)4)18-10-17(5,6)14-8-7-12(19(21)22)9-13(14)15(18)20/h7-9,11H,10H2,1-6H3/t11-/m0/s1. The number of benzene rings is 1. The first kappa shape index (κ1) is 16.5. The van der Waals surface area contributed by atoms with E-state index in [1.165, 1.54) is 12.1 Å². The van der Waals surface area contributed by atoms with Crippen LogP contribution in [0.4, 0.5) is 5.69 Å². The molecule has 1 amide bonds. The zero-order valence-electron chi connectivity index (χ0n) is 14.1. The maximum absolute atomic E-state index is 12.9. The van der Waals surface area contributed by atoms with Crippen LogP contribution in [0.2, 0.25) is 0 Å². The molecule has 1 aliphatic heterocycles. The predicted octanol–water partition coefficient (Wildman–Crippen LogP) is 3.76. The second kappa shape index (κ2) is 5.07. The van der Waals surface area contributed by atoms with Crippen molar-refractivity contribution in [1.82, 2.24) is 4.90 Å². The Hall–Kier alpha value is -1.91.